The lowest BCUT2D eigenvalue weighted by atomic mass is 10.1. The van der Waals surface area contributed by atoms with Crippen LogP contribution in [0.25, 0.3) is 6.08 Å². The van der Waals surface area contributed by atoms with Gasteiger partial charge in [-0.25, -0.2) is 4.79 Å². The number of carbonyl (C=O) groups excluding carboxylic acids is 1. The number of carboxylic acid groups (broad SMARTS) is 1. The Labute approximate surface area is 118 Å². The molecule has 1 unspecified atom stereocenters. The number of aryl methyl sites for hydroxylation is 1. The van der Waals surface area contributed by atoms with Gasteiger partial charge < -0.3 is 15.2 Å². The fraction of sp³-hybridized carbons (Fsp3) is 0.333. The van der Waals surface area contributed by atoms with E-state index in [2.05, 4.69) is 5.32 Å². The summed E-state index contributed by atoms with van der Waals surface area (Å²) in [6.45, 7) is 3.88. The summed E-state index contributed by atoms with van der Waals surface area (Å²) in [5.41, 5.74) is 2.11. The minimum Gasteiger partial charge on any atom is -0.479 e. The molecule has 2 N–H and O–H groups in total. The smallest absolute Gasteiger partial charge is 0.332 e. The van der Waals surface area contributed by atoms with Crippen molar-refractivity contribution in [1.82, 2.24) is 5.32 Å². The van der Waals surface area contributed by atoms with Crippen molar-refractivity contribution in [1.29, 1.82) is 0 Å². The Morgan fingerprint density at radius 1 is 1.35 bits per heavy atom. The second-order valence-corrected chi connectivity index (χ2v) is 4.39. The fourth-order valence-corrected chi connectivity index (χ4v) is 1.39. The summed E-state index contributed by atoms with van der Waals surface area (Å²) in [6, 6.07) is 7.80. The van der Waals surface area contributed by atoms with Crippen molar-refractivity contribution in [3.05, 3.63) is 41.5 Å². The number of ether oxygens (including phenoxy) is 1. The molecule has 1 amide bonds. The Morgan fingerprint density at radius 3 is 2.60 bits per heavy atom. The molecule has 20 heavy (non-hydrogen) atoms. The Morgan fingerprint density at radius 2 is 2.00 bits per heavy atom. The van der Waals surface area contributed by atoms with Gasteiger partial charge in [0, 0.05) is 12.6 Å². The van der Waals surface area contributed by atoms with E-state index in [4.69, 9.17) is 9.84 Å². The maximum atomic E-state index is 11.5. The number of carbonyl (C=O) groups is 2. The molecule has 108 valence electrons. The third-order valence-electron chi connectivity index (χ3n) is 2.62. The summed E-state index contributed by atoms with van der Waals surface area (Å²) in [6.07, 6.45) is 2.29. The van der Waals surface area contributed by atoms with Crippen LogP contribution in [0, 0.1) is 6.92 Å². The molecule has 1 atom stereocenters. The molecule has 0 radical (unpaired) electrons. The molecule has 5 nitrogen and oxygen atoms in total. The van der Waals surface area contributed by atoms with Crippen LogP contribution in [0.5, 0.6) is 0 Å². The van der Waals surface area contributed by atoms with Gasteiger partial charge in [0.2, 0.25) is 5.91 Å². The molecule has 0 bridgehead atoms. The molecule has 0 aliphatic rings. The zero-order valence-corrected chi connectivity index (χ0v) is 11.6. The van der Waals surface area contributed by atoms with Crippen LogP contribution in [0.15, 0.2) is 30.3 Å². The van der Waals surface area contributed by atoms with Gasteiger partial charge in [-0.2, -0.15) is 0 Å². The number of nitrogens with one attached hydrogen (secondary N) is 1. The summed E-state index contributed by atoms with van der Waals surface area (Å²) in [4.78, 5) is 22.0. The molecule has 0 spiro atoms. The molecular weight excluding hydrogens is 258 g/mol. The Hall–Kier alpha value is -2.14. The van der Waals surface area contributed by atoms with E-state index in [1.165, 1.54) is 13.0 Å². The molecule has 0 saturated heterocycles. The highest BCUT2D eigenvalue weighted by Crippen LogP contribution is 2.04. The van der Waals surface area contributed by atoms with Crippen LogP contribution in [0.4, 0.5) is 0 Å². The van der Waals surface area contributed by atoms with E-state index in [0.29, 0.717) is 0 Å². The molecule has 5 heteroatoms. The number of hydrogen-bond acceptors (Lipinski definition) is 3. The zero-order valence-electron chi connectivity index (χ0n) is 11.6. The van der Waals surface area contributed by atoms with Gasteiger partial charge in [0.25, 0.3) is 0 Å². The normalized spacial score (nSPS) is 12.3. The number of benzene rings is 1. The molecule has 1 rings (SSSR count). The van der Waals surface area contributed by atoms with Crippen LogP contribution in [0.2, 0.25) is 0 Å². The third-order valence-corrected chi connectivity index (χ3v) is 2.62. The lowest BCUT2D eigenvalue weighted by Gasteiger charge is -2.08. The molecule has 0 aliphatic carbocycles. The zero-order chi connectivity index (χ0) is 15.0. The average Bonchev–Trinajstić information content (AvgIpc) is 2.42. The van der Waals surface area contributed by atoms with E-state index < -0.39 is 12.1 Å². The Bertz CT molecular complexity index is 479. The number of aliphatic carboxylic acids is 1. The van der Waals surface area contributed by atoms with Crippen molar-refractivity contribution >= 4 is 18.0 Å². The van der Waals surface area contributed by atoms with E-state index in [1.807, 2.05) is 31.2 Å². The first-order valence-corrected chi connectivity index (χ1v) is 6.36. The van der Waals surface area contributed by atoms with Gasteiger partial charge in [0.1, 0.15) is 0 Å². The first kappa shape index (κ1) is 15.9. The van der Waals surface area contributed by atoms with Gasteiger partial charge in [-0.05, 0) is 25.5 Å². The average molecular weight is 277 g/mol. The van der Waals surface area contributed by atoms with Crippen molar-refractivity contribution in [3.8, 4) is 0 Å². The van der Waals surface area contributed by atoms with Gasteiger partial charge in [-0.3, -0.25) is 4.79 Å². The van der Waals surface area contributed by atoms with Crippen LogP contribution < -0.4 is 5.32 Å². The summed E-state index contributed by atoms with van der Waals surface area (Å²) in [7, 11) is 0. The van der Waals surface area contributed by atoms with Gasteiger partial charge in [0.15, 0.2) is 6.10 Å². The number of amides is 1. The van der Waals surface area contributed by atoms with Crippen LogP contribution in [0.1, 0.15) is 18.1 Å². The third kappa shape index (κ3) is 6.15. The SMILES string of the molecule is Cc1ccc(/C=C/C(=O)NCCOC(C)C(=O)O)cc1. The molecule has 0 heterocycles. The number of carboxylic acids is 1. The van der Waals surface area contributed by atoms with Gasteiger partial charge in [-0.15, -0.1) is 0 Å². The molecule has 1 aromatic carbocycles. The molecule has 0 aromatic heterocycles. The van der Waals surface area contributed by atoms with Gasteiger partial charge in [-0.1, -0.05) is 29.8 Å². The predicted molar refractivity (Wildman–Crippen MR) is 76.3 cm³/mol. The van der Waals surface area contributed by atoms with Crippen molar-refractivity contribution in [2.75, 3.05) is 13.2 Å². The van der Waals surface area contributed by atoms with Gasteiger partial charge in [0.05, 0.1) is 6.61 Å². The molecule has 0 fully saturated rings. The van der Waals surface area contributed by atoms with Crippen LogP contribution >= 0.6 is 0 Å². The highest BCUT2D eigenvalue weighted by molar-refractivity contribution is 5.91. The van der Waals surface area contributed by atoms with Crippen LogP contribution in [-0.4, -0.2) is 36.2 Å². The van der Waals surface area contributed by atoms with Crippen LogP contribution in [0.3, 0.4) is 0 Å². The van der Waals surface area contributed by atoms with Crippen molar-refractivity contribution in [3.63, 3.8) is 0 Å². The molecule has 0 saturated carbocycles. The Kier molecular flexibility index (Phi) is 6.46. The van der Waals surface area contributed by atoms with Crippen LogP contribution in [-0.2, 0) is 14.3 Å². The van der Waals surface area contributed by atoms with E-state index in [1.54, 1.807) is 6.08 Å². The Balaban J connectivity index is 2.26. The quantitative estimate of drug-likeness (QED) is 0.586. The van der Waals surface area contributed by atoms with Gasteiger partial charge >= 0.3 is 5.97 Å². The lowest BCUT2D eigenvalue weighted by molar-refractivity contribution is -0.148. The van der Waals surface area contributed by atoms with E-state index >= 15 is 0 Å². The highest BCUT2D eigenvalue weighted by Gasteiger charge is 2.09. The summed E-state index contributed by atoms with van der Waals surface area (Å²) < 4.78 is 4.99. The summed E-state index contributed by atoms with van der Waals surface area (Å²) >= 11 is 0. The standard InChI is InChI=1S/C15H19NO4/c1-11-3-5-13(6-4-11)7-8-14(17)16-9-10-20-12(2)15(18)19/h3-8,12H,9-10H2,1-2H3,(H,16,17)(H,18,19)/b8-7+. The molecule has 0 aliphatic heterocycles. The van der Waals surface area contributed by atoms with Crippen molar-refractivity contribution in [2.45, 2.75) is 20.0 Å². The predicted octanol–water partition coefficient (Wildman–Crippen LogP) is 1.61. The van der Waals surface area contributed by atoms with E-state index in [0.717, 1.165) is 11.1 Å². The lowest BCUT2D eigenvalue weighted by Crippen LogP contribution is -2.29. The van der Waals surface area contributed by atoms with Crippen molar-refractivity contribution < 1.29 is 19.4 Å². The van der Waals surface area contributed by atoms with E-state index in [-0.39, 0.29) is 19.1 Å². The first-order chi connectivity index (χ1) is 9.49. The minimum atomic E-state index is -1.02. The topological polar surface area (TPSA) is 75.6 Å². The van der Waals surface area contributed by atoms with E-state index in [9.17, 15) is 9.59 Å². The number of rotatable bonds is 7. The second-order valence-electron chi connectivity index (χ2n) is 4.39. The van der Waals surface area contributed by atoms with Crippen molar-refractivity contribution in [2.24, 2.45) is 0 Å². The highest BCUT2D eigenvalue weighted by atomic mass is 16.5. The monoisotopic (exact) mass is 277 g/mol. The molecule has 1 aromatic rings. The molecular formula is C15H19NO4. The fourth-order valence-electron chi connectivity index (χ4n) is 1.39. The minimum absolute atomic E-state index is 0.164. The maximum Gasteiger partial charge on any atom is 0.332 e. The number of hydrogen-bond donors (Lipinski definition) is 2. The first-order valence-electron chi connectivity index (χ1n) is 6.36. The largest absolute Gasteiger partial charge is 0.479 e. The maximum absolute atomic E-state index is 11.5. The summed E-state index contributed by atoms with van der Waals surface area (Å²) in [5, 5.41) is 11.2. The summed E-state index contributed by atoms with van der Waals surface area (Å²) in [5.74, 6) is -1.26. The second kappa shape index (κ2) is 8.12.